The standard InChI is InChI=1S/C15H21N3S/c1-9-5-10(2)15(11(3)6-9)14(18-16)7-13-8-19-12(4)17-13/h5-6,8,14,18H,7,16H2,1-4H3. The van der Waals surface area contributed by atoms with E-state index in [0.29, 0.717) is 0 Å². The Hall–Kier alpha value is -1.23. The van der Waals surface area contributed by atoms with Crippen LogP contribution in [0.3, 0.4) is 0 Å². The molecular formula is C15H21N3S. The monoisotopic (exact) mass is 275 g/mol. The summed E-state index contributed by atoms with van der Waals surface area (Å²) in [6.07, 6.45) is 0.825. The fourth-order valence-electron chi connectivity index (χ4n) is 2.70. The van der Waals surface area contributed by atoms with Crippen LogP contribution in [0.25, 0.3) is 0 Å². The Bertz CT molecular complexity index is 552. The van der Waals surface area contributed by atoms with Crippen LogP contribution >= 0.6 is 11.3 Å². The first kappa shape index (κ1) is 14.2. The molecule has 2 aromatic rings. The molecule has 1 unspecified atom stereocenters. The van der Waals surface area contributed by atoms with Gasteiger partial charge in [-0.05, 0) is 44.4 Å². The number of aromatic nitrogens is 1. The number of hydrogen-bond acceptors (Lipinski definition) is 4. The van der Waals surface area contributed by atoms with E-state index in [2.05, 4.69) is 48.7 Å². The van der Waals surface area contributed by atoms with Crippen LogP contribution in [0.5, 0.6) is 0 Å². The Morgan fingerprint density at radius 3 is 2.32 bits per heavy atom. The molecule has 2 rings (SSSR count). The number of benzene rings is 1. The summed E-state index contributed by atoms with van der Waals surface area (Å²) < 4.78 is 0. The third kappa shape index (κ3) is 3.21. The second-order valence-electron chi connectivity index (χ2n) is 5.09. The topological polar surface area (TPSA) is 50.9 Å². The first-order valence-corrected chi connectivity index (χ1v) is 7.34. The minimum atomic E-state index is 0.113. The van der Waals surface area contributed by atoms with Crippen molar-refractivity contribution in [3.05, 3.63) is 50.5 Å². The van der Waals surface area contributed by atoms with Crippen LogP contribution in [0.1, 0.15) is 39.0 Å². The summed E-state index contributed by atoms with van der Waals surface area (Å²) in [5.74, 6) is 5.76. The van der Waals surface area contributed by atoms with Gasteiger partial charge in [0.15, 0.2) is 0 Å². The van der Waals surface area contributed by atoms with Crippen molar-refractivity contribution in [3.8, 4) is 0 Å². The molecule has 3 nitrogen and oxygen atoms in total. The number of rotatable bonds is 4. The van der Waals surface area contributed by atoms with Crippen molar-refractivity contribution < 1.29 is 0 Å². The lowest BCUT2D eigenvalue weighted by Gasteiger charge is -2.21. The maximum Gasteiger partial charge on any atom is 0.0897 e. The number of hydrogen-bond donors (Lipinski definition) is 2. The number of nitrogens with two attached hydrogens (primary N) is 1. The van der Waals surface area contributed by atoms with E-state index in [1.807, 2.05) is 6.92 Å². The van der Waals surface area contributed by atoms with Gasteiger partial charge in [0.05, 0.1) is 16.7 Å². The molecular weight excluding hydrogens is 254 g/mol. The Labute approximate surface area is 118 Å². The molecule has 1 aromatic heterocycles. The van der Waals surface area contributed by atoms with E-state index in [1.165, 1.54) is 22.3 Å². The van der Waals surface area contributed by atoms with Gasteiger partial charge in [-0.25, -0.2) is 4.98 Å². The van der Waals surface area contributed by atoms with Crippen LogP contribution in [-0.4, -0.2) is 4.98 Å². The van der Waals surface area contributed by atoms with E-state index in [0.717, 1.165) is 17.1 Å². The molecule has 0 radical (unpaired) electrons. The quantitative estimate of drug-likeness (QED) is 0.666. The largest absolute Gasteiger partial charge is 0.271 e. The SMILES string of the molecule is Cc1cc(C)c(C(Cc2csc(C)n2)NN)c(C)c1. The normalized spacial score (nSPS) is 12.7. The Morgan fingerprint density at radius 1 is 1.21 bits per heavy atom. The fraction of sp³-hybridized carbons (Fsp3) is 0.400. The molecule has 19 heavy (non-hydrogen) atoms. The molecule has 0 bridgehead atoms. The molecule has 4 heteroatoms. The van der Waals surface area contributed by atoms with Gasteiger partial charge in [0, 0.05) is 11.8 Å². The van der Waals surface area contributed by atoms with Gasteiger partial charge in [0.1, 0.15) is 0 Å². The first-order valence-electron chi connectivity index (χ1n) is 6.46. The highest BCUT2D eigenvalue weighted by Crippen LogP contribution is 2.26. The number of aryl methyl sites for hydroxylation is 4. The fourth-order valence-corrected chi connectivity index (χ4v) is 3.32. The Morgan fingerprint density at radius 2 is 1.84 bits per heavy atom. The zero-order valence-electron chi connectivity index (χ0n) is 11.9. The molecule has 0 saturated carbocycles. The molecule has 0 aliphatic carbocycles. The number of hydrazine groups is 1. The summed E-state index contributed by atoms with van der Waals surface area (Å²) in [4.78, 5) is 4.52. The summed E-state index contributed by atoms with van der Waals surface area (Å²) >= 11 is 1.68. The minimum absolute atomic E-state index is 0.113. The van der Waals surface area contributed by atoms with Crippen molar-refractivity contribution in [1.82, 2.24) is 10.4 Å². The zero-order chi connectivity index (χ0) is 14.0. The zero-order valence-corrected chi connectivity index (χ0v) is 12.8. The van der Waals surface area contributed by atoms with Crippen molar-refractivity contribution >= 4 is 11.3 Å². The minimum Gasteiger partial charge on any atom is -0.271 e. The first-order chi connectivity index (χ1) is 9.01. The second kappa shape index (κ2) is 5.82. The highest BCUT2D eigenvalue weighted by Gasteiger charge is 2.17. The summed E-state index contributed by atoms with van der Waals surface area (Å²) in [6.45, 7) is 8.44. The van der Waals surface area contributed by atoms with Crippen LogP contribution < -0.4 is 11.3 Å². The average molecular weight is 275 g/mol. The Balaban J connectivity index is 2.32. The molecule has 1 aromatic carbocycles. The molecule has 1 heterocycles. The van der Waals surface area contributed by atoms with E-state index < -0.39 is 0 Å². The van der Waals surface area contributed by atoms with E-state index >= 15 is 0 Å². The number of thiazole rings is 1. The van der Waals surface area contributed by atoms with E-state index in [1.54, 1.807) is 11.3 Å². The second-order valence-corrected chi connectivity index (χ2v) is 6.16. The molecule has 0 amide bonds. The third-order valence-corrected chi connectivity index (χ3v) is 4.19. The van der Waals surface area contributed by atoms with Crippen molar-refractivity contribution in [2.75, 3.05) is 0 Å². The smallest absolute Gasteiger partial charge is 0.0897 e. The predicted octanol–water partition coefficient (Wildman–Crippen LogP) is 3.12. The lowest BCUT2D eigenvalue weighted by molar-refractivity contribution is 0.541. The van der Waals surface area contributed by atoms with E-state index in [4.69, 9.17) is 5.84 Å². The van der Waals surface area contributed by atoms with Gasteiger partial charge in [-0.2, -0.15) is 0 Å². The maximum absolute atomic E-state index is 5.76. The predicted molar refractivity (Wildman–Crippen MR) is 81.3 cm³/mol. The summed E-state index contributed by atoms with van der Waals surface area (Å²) in [7, 11) is 0. The maximum atomic E-state index is 5.76. The van der Waals surface area contributed by atoms with E-state index in [9.17, 15) is 0 Å². The van der Waals surface area contributed by atoms with Crippen LogP contribution in [0.2, 0.25) is 0 Å². The molecule has 0 aliphatic heterocycles. The van der Waals surface area contributed by atoms with Gasteiger partial charge < -0.3 is 0 Å². The highest BCUT2D eigenvalue weighted by atomic mass is 32.1. The van der Waals surface area contributed by atoms with Crippen LogP contribution in [0.4, 0.5) is 0 Å². The Kier molecular flexibility index (Phi) is 4.34. The lowest BCUT2D eigenvalue weighted by Crippen LogP contribution is -2.30. The number of nitrogens with one attached hydrogen (secondary N) is 1. The molecule has 102 valence electrons. The highest BCUT2D eigenvalue weighted by molar-refractivity contribution is 7.09. The molecule has 0 aliphatic rings. The van der Waals surface area contributed by atoms with Gasteiger partial charge in [0.25, 0.3) is 0 Å². The van der Waals surface area contributed by atoms with Gasteiger partial charge in [-0.3, -0.25) is 11.3 Å². The van der Waals surface area contributed by atoms with Gasteiger partial charge in [-0.15, -0.1) is 11.3 Å². The number of nitrogens with zero attached hydrogens (tertiary/aromatic N) is 1. The van der Waals surface area contributed by atoms with Gasteiger partial charge in [0.2, 0.25) is 0 Å². The van der Waals surface area contributed by atoms with Crippen molar-refractivity contribution in [1.29, 1.82) is 0 Å². The molecule has 1 atom stereocenters. The van der Waals surface area contributed by atoms with Crippen molar-refractivity contribution in [2.45, 2.75) is 40.2 Å². The summed E-state index contributed by atoms with van der Waals surface area (Å²) in [5, 5.41) is 3.21. The molecule has 3 N–H and O–H groups in total. The molecule has 0 saturated heterocycles. The van der Waals surface area contributed by atoms with Crippen molar-refractivity contribution in [3.63, 3.8) is 0 Å². The van der Waals surface area contributed by atoms with Gasteiger partial charge in [-0.1, -0.05) is 17.7 Å². The molecule has 0 spiro atoms. The van der Waals surface area contributed by atoms with E-state index in [-0.39, 0.29) is 6.04 Å². The van der Waals surface area contributed by atoms with Crippen LogP contribution in [0.15, 0.2) is 17.5 Å². The molecule has 0 fully saturated rings. The van der Waals surface area contributed by atoms with Gasteiger partial charge >= 0.3 is 0 Å². The average Bonchev–Trinajstić information content (AvgIpc) is 2.72. The lowest BCUT2D eigenvalue weighted by atomic mass is 9.92. The van der Waals surface area contributed by atoms with Crippen molar-refractivity contribution in [2.24, 2.45) is 5.84 Å². The summed E-state index contributed by atoms with van der Waals surface area (Å²) in [6, 6.07) is 4.53. The third-order valence-electron chi connectivity index (χ3n) is 3.37. The van der Waals surface area contributed by atoms with Crippen LogP contribution in [0, 0.1) is 27.7 Å². The summed E-state index contributed by atoms with van der Waals surface area (Å²) in [5.41, 5.74) is 9.19. The van der Waals surface area contributed by atoms with Crippen LogP contribution in [-0.2, 0) is 6.42 Å².